The first kappa shape index (κ1) is 23.4. The molecule has 0 saturated carbocycles. The van der Waals surface area contributed by atoms with Crippen LogP contribution in [0.3, 0.4) is 0 Å². The van der Waals surface area contributed by atoms with Gasteiger partial charge in [-0.15, -0.1) is 0 Å². The first-order chi connectivity index (χ1) is 14.1. The number of carbonyl (C=O) groups excluding carboxylic acids is 2. The highest BCUT2D eigenvalue weighted by Crippen LogP contribution is 2.30. The van der Waals surface area contributed by atoms with Gasteiger partial charge in [-0.2, -0.15) is 0 Å². The van der Waals surface area contributed by atoms with Gasteiger partial charge in [0.2, 0.25) is 0 Å². The monoisotopic (exact) mass is 397 g/mol. The molecule has 160 valence electrons. The number of carbonyl (C=O) groups is 2. The van der Waals surface area contributed by atoms with Crippen molar-refractivity contribution in [1.29, 1.82) is 0 Å². The highest BCUT2D eigenvalue weighted by atomic mass is 16.2. The minimum Gasteiger partial charge on any atom is -0.269 e. The molecule has 0 spiro atoms. The maximum absolute atomic E-state index is 12.8. The van der Waals surface area contributed by atoms with E-state index in [1.165, 1.54) is 69.1 Å². The molecule has 3 nitrogen and oxygen atoms in total. The molecule has 0 aliphatic carbocycles. The predicted octanol–water partition coefficient (Wildman–Crippen LogP) is 7.28. The zero-order valence-electron chi connectivity index (χ0n) is 18.8. The molecule has 0 bridgehead atoms. The number of amides is 2. The number of aryl methyl sites for hydroxylation is 1. The van der Waals surface area contributed by atoms with E-state index in [4.69, 9.17) is 0 Å². The molecule has 2 rings (SSSR count). The van der Waals surface area contributed by atoms with Gasteiger partial charge in [-0.1, -0.05) is 95.2 Å². The molecular weight excluding hydrogens is 358 g/mol. The highest BCUT2D eigenvalue weighted by Gasteiger charge is 2.36. The van der Waals surface area contributed by atoms with Crippen LogP contribution in [-0.4, -0.2) is 11.8 Å². The molecule has 0 atom stereocenters. The second-order valence-corrected chi connectivity index (χ2v) is 8.52. The van der Waals surface area contributed by atoms with Crippen molar-refractivity contribution in [3.63, 3.8) is 0 Å². The van der Waals surface area contributed by atoms with Gasteiger partial charge in [0, 0.05) is 11.1 Å². The van der Waals surface area contributed by atoms with Crippen LogP contribution in [0.2, 0.25) is 0 Å². The van der Waals surface area contributed by atoms with Gasteiger partial charge in [0.1, 0.15) is 0 Å². The van der Waals surface area contributed by atoms with Crippen molar-refractivity contribution >= 4 is 17.5 Å². The Morgan fingerprint density at radius 3 is 1.66 bits per heavy atom. The maximum atomic E-state index is 12.8. The summed E-state index contributed by atoms with van der Waals surface area (Å²) in [7, 11) is 0. The standard InChI is InChI=1S/C26H39NO2/c1-4-5-6-7-8-9-10-11-12-13-14-15-16-24-22(3)25(28)27(26(24)29)23-19-17-21(2)18-20-23/h17-20H,4-16H2,1-3H3. The average molecular weight is 398 g/mol. The van der Waals surface area contributed by atoms with Crippen molar-refractivity contribution < 1.29 is 9.59 Å². The van der Waals surface area contributed by atoms with Gasteiger partial charge < -0.3 is 0 Å². The Labute approximate surface area is 177 Å². The number of benzene rings is 1. The Balaban J connectivity index is 1.63. The summed E-state index contributed by atoms with van der Waals surface area (Å²) in [6, 6.07) is 7.58. The number of nitrogens with zero attached hydrogens (tertiary/aromatic N) is 1. The largest absolute Gasteiger partial charge is 0.269 e. The van der Waals surface area contributed by atoms with Crippen LogP contribution in [0.5, 0.6) is 0 Å². The summed E-state index contributed by atoms with van der Waals surface area (Å²) < 4.78 is 0. The molecule has 0 aromatic heterocycles. The van der Waals surface area contributed by atoms with Crippen LogP contribution in [0, 0.1) is 6.92 Å². The zero-order chi connectivity index (χ0) is 21.1. The number of unbranched alkanes of at least 4 members (excludes halogenated alkanes) is 11. The molecule has 0 radical (unpaired) electrons. The van der Waals surface area contributed by atoms with E-state index in [-0.39, 0.29) is 11.8 Å². The van der Waals surface area contributed by atoms with Crippen molar-refractivity contribution in [3.8, 4) is 0 Å². The summed E-state index contributed by atoms with van der Waals surface area (Å²) in [4.78, 5) is 26.7. The molecule has 1 aromatic carbocycles. The lowest BCUT2D eigenvalue weighted by atomic mass is 10.0. The fourth-order valence-corrected chi connectivity index (χ4v) is 4.05. The third-order valence-electron chi connectivity index (χ3n) is 6.01. The van der Waals surface area contributed by atoms with Crippen molar-refractivity contribution in [2.45, 2.75) is 104 Å². The third-order valence-corrected chi connectivity index (χ3v) is 6.01. The Hall–Kier alpha value is -1.90. The maximum Gasteiger partial charge on any atom is 0.261 e. The van der Waals surface area contributed by atoms with E-state index in [2.05, 4.69) is 6.92 Å². The number of anilines is 1. The molecule has 1 aliphatic heterocycles. The molecule has 0 unspecified atom stereocenters. The second kappa shape index (κ2) is 12.6. The topological polar surface area (TPSA) is 37.4 Å². The lowest BCUT2D eigenvalue weighted by Gasteiger charge is -2.15. The molecule has 0 N–H and O–H groups in total. The van der Waals surface area contributed by atoms with Crippen molar-refractivity contribution in [3.05, 3.63) is 41.0 Å². The van der Waals surface area contributed by atoms with Crippen LogP contribution in [0.4, 0.5) is 5.69 Å². The molecule has 29 heavy (non-hydrogen) atoms. The summed E-state index contributed by atoms with van der Waals surface area (Å²) in [5, 5.41) is 0. The number of hydrogen-bond donors (Lipinski definition) is 0. The molecule has 2 amide bonds. The van der Waals surface area contributed by atoms with Crippen LogP contribution in [0.1, 0.15) is 103 Å². The normalized spacial score (nSPS) is 14.4. The van der Waals surface area contributed by atoms with E-state index >= 15 is 0 Å². The van der Waals surface area contributed by atoms with Crippen LogP contribution in [0.15, 0.2) is 35.4 Å². The zero-order valence-corrected chi connectivity index (χ0v) is 18.8. The van der Waals surface area contributed by atoms with Gasteiger partial charge in [-0.3, -0.25) is 9.59 Å². The Kier molecular flexibility index (Phi) is 10.2. The van der Waals surface area contributed by atoms with E-state index in [9.17, 15) is 9.59 Å². The number of hydrogen-bond acceptors (Lipinski definition) is 2. The lowest BCUT2D eigenvalue weighted by Crippen LogP contribution is -2.31. The Morgan fingerprint density at radius 2 is 1.14 bits per heavy atom. The summed E-state index contributed by atoms with van der Waals surface area (Å²) in [5.41, 5.74) is 3.13. The van der Waals surface area contributed by atoms with Crippen LogP contribution >= 0.6 is 0 Å². The van der Waals surface area contributed by atoms with Gasteiger partial charge in [-0.25, -0.2) is 4.90 Å². The van der Waals surface area contributed by atoms with E-state index in [0.717, 1.165) is 24.8 Å². The Morgan fingerprint density at radius 1 is 0.655 bits per heavy atom. The molecular formula is C26H39NO2. The summed E-state index contributed by atoms with van der Waals surface area (Å²) in [6.07, 6.45) is 16.3. The van der Waals surface area contributed by atoms with Crippen LogP contribution < -0.4 is 4.90 Å². The molecule has 1 heterocycles. The third kappa shape index (κ3) is 7.13. The van der Waals surface area contributed by atoms with Gasteiger partial charge in [0.25, 0.3) is 11.8 Å². The van der Waals surface area contributed by atoms with E-state index < -0.39 is 0 Å². The fourth-order valence-electron chi connectivity index (χ4n) is 4.05. The molecule has 0 saturated heterocycles. The molecule has 1 aliphatic rings. The summed E-state index contributed by atoms with van der Waals surface area (Å²) in [5.74, 6) is -0.285. The van der Waals surface area contributed by atoms with Crippen LogP contribution in [0.25, 0.3) is 0 Å². The first-order valence-corrected chi connectivity index (χ1v) is 11.7. The van der Waals surface area contributed by atoms with E-state index in [1.54, 1.807) is 6.92 Å². The van der Waals surface area contributed by atoms with Gasteiger partial charge >= 0.3 is 0 Å². The van der Waals surface area contributed by atoms with E-state index in [0.29, 0.717) is 16.8 Å². The number of rotatable bonds is 14. The fraction of sp³-hybridized carbons (Fsp3) is 0.615. The summed E-state index contributed by atoms with van der Waals surface area (Å²) in [6.45, 7) is 6.06. The van der Waals surface area contributed by atoms with Crippen molar-refractivity contribution in [2.24, 2.45) is 0 Å². The van der Waals surface area contributed by atoms with Gasteiger partial charge in [-0.05, 0) is 38.8 Å². The SMILES string of the molecule is CCCCCCCCCCCCCCC1=C(C)C(=O)N(c2ccc(C)cc2)C1=O. The van der Waals surface area contributed by atoms with Crippen molar-refractivity contribution in [2.75, 3.05) is 4.90 Å². The van der Waals surface area contributed by atoms with Crippen molar-refractivity contribution in [1.82, 2.24) is 0 Å². The molecule has 1 aromatic rings. The smallest absolute Gasteiger partial charge is 0.261 e. The first-order valence-electron chi connectivity index (χ1n) is 11.7. The quantitative estimate of drug-likeness (QED) is 0.244. The Bertz CT molecular complexity index is 687. The number of imide groups is 1. The van der Waals surface area contributed by atoms with Gasteiger partial charge in [0.05, 0.1) is 5.69 Å². The predicted molar refractivity (Wildman–Crippen MR) is 122 cm³/mol. The minimum absolute atomic E-state index is 0.126. The van der Waals surface area contributed by atoms with E-state index in [1.807, 2.05) is 31.2 Å². The molecule has 0 fully saturated rings. The van der Waals surface area contributed by atoms with Gasteiger partial charge in [0.15, 0.2) is 0 Å². The second-order valence-electron chi connectivity index (χ2n) is 8.52. The molecule has 3 heteroatoms. The highest BCUT2D eigenvalue weighted by molar-refractivity contribution is 6.32. The lowest BCUT2D eigenvalue weighted by molar-refractivity contribution is -0.120. The van der Waals surface area contributed by atoms with Crippen LogP contribution in [-0.2, 0) is 9.59 Å². The average Bonchev–Trinajstić information content (AvgIpc) is 2.92. The minimum atomic E-state index is -0.159. The summed E-state index contributed by atoms with van der Waals surface area (Å²) >= 11 is 0.